The third-order valence-corrected chi connectivity index (χ3v) is 4.77. The van der Waals surface area contributed by atoms with Gasteiger partial charge in [-0.05, 0) is 56.5 Å². The highest BCUT2D eigenvalue weighted by Gasteiger charge is 2.04. The van der Waals surface area contributed by atoms with E-state index in [1.165, 1.54) is 63.6 Å². The number of ether oxygens (including phenoxy) is 1. The standard InChI is InChI=1S/C21H36BrNO/c1-3-16-23(17-4-2)19-20-11-13-21(14-12-20)24-18-10-8-6-5-7-9-15-22/h11-14H,3-10,15-19H2,1-2H3. The molecule has 0 aliphatic heterocycles. The van der Waals surface area contributed by atoms with Gasteiger partial charge in [-0.15, -0.1) is 0 Å². The zero-order valence-electron chi connectivity index (χ0n) is 15.7. The number of alkyl halides is 1. The fourth-order valence-electron chi connectivity index (χ4n) is 2.95. The Bertz CT molecular complexity index is 387. The van der Waals surface area contributed by atoms with E-state index in [2.05, 4.69) is 58.9 Å². The molecule has 0 aliphatic rings. The molecule has 0 bridgehead atoms. The van der Waals surface area contributed by atoms with Gasteiger partial charge in [0.25, 0.3) is 0 Å². The highest BCUT2D eigenvalue weighted by Crippen LogP contribution is 2.15. The number of halogens is 1. The summed E-state index contributed by atoms with van der Waals surface area (Å²) in [7, 11) is 0. The predicted octanol–water partition coefficient (Wildman–Crippen LogP) is 6.42. The van der Waals surface area contributed by atoms with Crippen molar-refractivity contribution >= 4 is 15.9 Å². The van der Waals surface area contributed by atoms with E-state index in [-0.39, 0.29) is 0 Å². The van der Waals surface area contributed by atoms with E-state index in [1.54, 1.807) is 0 Å². The van der Waals surface area contributed by atoms with E-state index in [0.29, 0.717) is 0 Å². The second kappa shape index (κ2) is 14.8. The minimum absolute atomic E-state index is 0.843. The first-order valence-electron chi connectivity index (χ1n) is 9.80. The second-order valence-corrected chi connectivity index (χ2v) is 7.37. The first-order valence-corrected chi connectivity index (χ1v) is 10.9. The summed E-state index contributed by atoms with van der Waals surface area (Å²) < 4.78 is 5.87. The molecule has 24 heavy (non-hydrogen) atoms. The fraction of sp³-hybridized carbons (Fsp3) is 0.714. The summed E-state index contributed by atoms with van der Waals surface area (Å²) >= 11 is 3.48. The zero-order chi connectivity index (χ0) is 17.5. The highest BCUT2D eigenvalue weighted by molar-refractivity contribution is 9.09. The van der Waals surface area contributed by atoms with Crippen LogP contribution < -0.4 is 4.74 Å². The van der Waals surface area contributed by atoms with Crippen molar-refractivity contribution in [1.29, 1.82) is 0 Å². The normalized spacial score (nSPS) is 11.2. The summed E-state index contributed by atoms with van der Waals surface area (Å²) in [6, 6.07) is 8.69. The van der Waals surface area contributed by atoms with Crippen LogP contribution in [-0.2, 0) is 6.54 Å². The van der Waals surface area contributed by atoms with Crippen LogP contribution in [0.3, 0.4) is 0 Å². The van der Waals surface area contributed by atoms with Crippen molar-refractivity contribution in [3.8, 4) is 5.75 Å². The lowest BCUT2D eigenvalue weighted by Crippen LogP contribution is -2.24. The van der Waals surface area contributed by atoms with E-state index in [1.807, 2.05) is 0 Å². The number of hydrogen-bond donors (Lipinski definition) is 0. The minimum Gasteiger partial charge on any atom is -0.494 e. The molecule has 0 aromatic heterocycles. The van der Waals surface area contributed by atoms with E-state index < -0.39 is 0 Å². The van der Waals surface area contributed by atoms with Crippen LogP contribution in [0, 0.1) is 0 Å². The van der Waals surface area contributed by atoms with Crippen LogP contribution in [0.5, 0.6) is 5.75 Å². The highest BCUT2D eigenvalue weighted by atomic mass is 79.9. The Morgan fingerprint density at radius 1 is 0.833 bits per heavy atom. The summed E-state index contributed by atoms with van der Waals surface area (Å²) in [5, 5.41) is 1.14. The van der Waals surface area contributed by atoms with Gasteiger partial charge in [0.05, 0.1) is 6.61 Å². The Morgan fingerprint density at radius 3 is 2.00 bits per heavy atom. The molecule has 0 radical (unpaired) electrons. The molecule has 138 valence electrons. The quantitative estimate of drug-likeness (QED) is 0.250. The van der Waals surface area contributed by atoms with Crippen molar-refractivity contribution in [3.05, 3.63) is 29.8 Å². The van der Waals surface area contributed by atoms with E-state index in [4.69, 9.17) is 4.74 Å². The molecule has 0 atom stereocenters. The van der Waals surface area contributed by atoms with Crippen molar-refractivity contribution in [2.24, 2.45) is 0 Å². The molecule has 0 heterocycles. The number of unbranched alkanes of at least 4 members (excludes halogenated alkanes) is 5. The SMILES string of the molecule is CCCN(CCC)Cc1ccc(OCCCCCCCCBr)cc1. The molecule has 0 aliphatic carbocycles. The van der Waals surface area contributed by atoms with Gasteiger partial charge in [-0.3, -0.25) is 4.90 Å². The Morgan fingerprint density at radius 2 is 1.42 bits per heavy atom. The molecule has 2 nitrogen and oxygen atoms in total. The van der Waals surface area contributed by atoms with Gasteiger partial charge in [-0.2, -0.15) is 0 Å². The van der Waals surface area contributed by atoms with Crippen molar-refractivity contribution in [2.75, 3.05) is 25.0 Å². The molecule has 0 saturated heterocycles. The number of hydrogen-bond acceptors (Lipinski definition) is 2. The Kier molecular flexibility index (Phi) is 13.2. The van der Waals surface area contributed by atoms with Gasteiger partial charge in [0.1, 0.15) is 5.75 Å². The van der Waals surface area contributed by atoms with Gasteiger partial charge in [-0.1, -0.05) is 67.6 Å². The number of benzene rings is 1. The lowest BCUT2D eigenvalue weighted by Gasteiger charge is -2.21. The van der Waals surface area contributed by atoms with Crippen LogP contribution in [0.2, 0.25) is 0 Å². The maximum atomic E-state index is 5.87. The zero-order valence-corrected chi connectivity index (χ0v) is 17.3. The summed E-state index contributed by atoms with van der Waals surface area (Å²) in [5.74, 6) is 1.01. The molecule has 0 N–H and O–H groups in total. The summed E-state index contributed by atoms with van der Waals surface area (Å²) in [6.45, 7) is 8.76. The molecule has 0 fully saturated rings. The predicted molar refractivity (Wildman–Crippen MR) is 109 cm³/mol. The smallest absolute Gasteiger partial charge is 0.119 e. The van der Waals surface area contributed by atoms with E-state index in [0.717, 1.165) is 30.7 Å². The first kappa shape index (κ1) is 21.5. The van der Waals surface area contributed by atoms with E-state index >= 15 is 0 Å². The van der Waals surface area contributed by atoms with Crippen molar-refractivity contribution in [2.45, 2.75) is 71.8 Å². The Balaban J connectivity index is 2.19. The van der Waals surface area contributed by atoms with Crippen LogP contribution in [0.4, 0.5) is 0 Å². The number of nitrogens with zero attached hydrogens (tertiary/aromatic N) is 1. The molecule has 3 heteroatoms. The van der Waals surface area contributed by atoms with Gasteiger partial charge in [0.15, 0.2) is 0 Å². The minimum atomic E-state index is 0.843. The Hall–Kier alpha value is -0.540. The molecule has 0 saturated carbocycles. The molecule has 0 unspecified atom stereocenters. The molecule has 0 amide bonds. The second-order valence-electron chi connectivity index (χ2n) is 6.58. The summed E-state index contributed by atoms with van der Waals surface area (Å²) in [6.07, 6.45) is 10.2. The van der Waals surface area contributed by atoms with Crippen LogP contribution in [0.1, 0.15) is 70.8 Å². The average Bonchev–Trinajstić information content (AvgIpc) is 2.59. The van der Waals surface area contributed by atoms with Crippen molar-refractivity contribution < 1.29 is 4.74 Å². The van der Waals surface area contributed by atoms with Gasteiger partial charge in [0.2, 0.25) is 0 Å². The molecular weight excluding hydrogens is 362 g/mol. The Labute approximate surface area is 158 Å². The monoisotopic (exact) mass is 397 g/mol. The van der Waals surface area contributed by atoms with Gasteiger partial charge >= 0.3 is 0 Å². The van der Waals surface area contributed by atoms with E-state index in [9.17, 15) is 0 Å². The fourth-order valence-corrected chi connectivity index (χ4v) is 3.34. The maximum Gasteiger partial charge on any atom is 0.119 e. The average molecular weight is 398 g/mol. The van der Waals surface area contributed by atoms with Crippen molar-refractivity contribution in [3.63, 3.8) is 0 Å². The molecule has 1 aromatic rings. The maximum absolute atomic E-state index is 5.87. The van der Waals surface area contributed by atoms with Gasteiger partial charge in [0, 0.05) is 11.9 Å². The van der Waals surface area contributed by atoms with Crippen molar-refractivity contribution in [1.82, 2.24) is 4.90 Å². The molecule has 1 aromatic carbocycles. The summed E-state index contributed by atoms with van der Waals surface area (Å²) in [4.78, 5) is 2.53. The van der Waals surface area contributed by atoms with Gasteiger partial charge in [-0.25, -0.2) is 0 Å². The van der Waals surface area contributed by atoms with Crippen LogP contribution in [0.15, 0.2) is 24.3 Å². The topological polar surface area (TPSA) is 12.5 Å². The third kappa shape index (κ3) is 10.4. The first-order chi connectivity index (χ1) is 11.8. The molecule has 0 spiro atoms. The third-order valence-electron chi connectivity index (χ3n) is 4.21. The van der Waals surface area contributed by atoms with Gasteiger partial charge < -0.3 is 4.74 Å². The lowest BCUT2D eigenvalue weighted by atomic mass is 10.1. The van der Waals surface area contributed by atoms with Crippen LogP contribution >= 0.6 is 15.9 Å². The summed E-state index contributed by atoms with van der Waals surface area (Å²) in [5.41, 5.74) is 1.39. The lowest BCUT2D eigenvalue weighted by molar-refractivity contribution is 0.266. The molecular formula is C21H36BrNO. The van der Waals surface area contributed by atoms with Crippen LogP contribution in [0.25, 0.3) is 0 Å². The largest absolute Gasteiger partial charge is 0.494 e. The van der Waals surface area contributed by atoms with Crippen LogP contribution in [-0.4, -0.2) is 29.9 Å². The molecule has 1 rings (SSSR count). The number of rotatable bonds is 15.